The van der Waals surface area contributed by atoms with Crippen molar-refractivity contribution in [1.82, 2.24) is 4.98 Å². The summed E-state index contributed by atoms with van der Waals surface area (Å²) in [5.41, 5.74) is 0.322. The van der Waals surface area contributed by atoms with Gasteiger partial charge in [-0.25, -0.2) is 8.78 Å². The first-order valence-corrected chi connectivity index (χ1v) is 6.78. The van der Waals surface area contributed by atoms with Gasteiger partial charge >= 0.3 is 5.97 Å². The minimum absolute atomic E-state index is 0.0421. The Morgan fingerprint density at radius 3 is 2.72 bits per heavy atom. The van der Waals surface area contributed by atoms with Crippen LogP contribution in [0.25, 0.3) is 0 Å². The van der Waals surface area contributed by atoms with E-state index in [-0.39, 0.29) is 30.2 Å². The largest absolute Gasteiger partial charge is 0.466 e. The summed E-state index contributed by atoms with van der Waals surface area (Å²) < 4.78 is 30.7. The molecule has 0 saturated carbocycles. The lowest BCUT2D eigenvalue weighted by atomic mass is 10.1. The van der Waals surface area contributed by atoms with E-state index >= 15 is 0 Å². The van der Waals surface area contributed by atoms with Gasteiger partial charge in [0.1, 0.15) is 0 Å². The molecule has 0 atom stereocenters. The molecule has 0 amide bonds. The number of nitrogens with zero attached hydrogens (tertiary/aromatic N) is 1. The van der Waals surface area contributed by atoms with Crippen LogP contribution >= 0.6 is 34.2 Å². The molecule has 0 radical (unpaired) electrons. The second-order valence-corrected chi connectivity index (χ2v) is 4.80. The molecule has 0 aliphatic rings. The third-order valence-electron chi connectivity index (χ3n) is 2.14. The van der Waals surface area contributed by atoms with Crippen LogP contribution in [0.4, 0.5) is 8.78 Å². The molecule has 0 aliphatic heterocycles. The number of hydrogen-bond donors (Lipinski definition) is 0. The molecule has 1 aromatic rings. The van der Waals surface area contributed by atoms with Gasteiger partial charge in [0.05, 0.1) is 30.3 Å². The summed E-state index contributed by atoms with van der Waals surface area (Å²) in [5.74, 6) is -0.555. The van der Waals surface area contributed by atoms with Crippen molar-refractivity contribution in [2.75, 3.05) is 6.61 Å². The standard InChI is InChI=1S/C11H11ClF2INO2/c1-2-18-10(17)4-8-7(15)3-6(11(13)14)9(5-12)16-8/h3,11H,2,4-5H2,1H3. The fourth-order valence-electron chi connectivity index (χ4n) is 1.35. The molecule has 18 heavy (non-hydrogen) atoms. The van der Waals surface area contributed by atoms with Crippen LogP contribution in [0.15, 0.2) is 6.07 Å². The summed E-state index contributed by atoms with van der Waals surface area (Å²) >= 11 is 7.45. The Hall–Kier alpha value is -0.500. The van der Waals surface area contributed by atoms with E-state index in [4.69, 9.17) is 16.3 Å². The number of esters is 1. The molecular formula is C11H11ClF2INO2. The normalized spacial score (nSPS) is 10.8. The molecule has 3 nitrogen and oxygen atoms in total. The lowest BCUT2D eigenvalue weighted by Crippen LogP contribution is -2.12. The molecule has 7 heteroatoms. The van der Waals surface area contributed by atoms with E-state index in [1.165, 1.54) is 6.07 Å². The third-order valence-corrected chi connectivity index (χ3v) is 3.33. The molecule has 0 unspecified atom stereocenters. The number of pyridine rings is 1. The smallest absolute Gasteiger partial charge is 0.311 e. The van der Waals surface area contributed by atoms with Crippen LogP contribution in [0.5, 0.6) is 0 Å². The molecule has 0 bridgehead atoms. The van der Waals surface area contributed by atoms with Crippen LogP contribution in [-0.4, -0.2) is 17.6 Å². The summed E-state index contributed by atoms with van der Waals surface area (Å²) in [6, 6.07) is 1.31. The third kappa shape index (κ3) is 4.01. The van der Waals surface area contributed by atoms with Crippen molar-refractivity contribution in [2.24, 2.45) is 0 Å². The van der Waals surface area contributed by atoms with Crippen LogP contribution in [0.3, 0.4) is 0 Å². The maximum atomic E-state index is 12.7. The highest BCUT2D eigenvalue weighted by Crippen LogP contribution is 2.26. The van der Waals surface area contributed by atoms with Crippen molar-refractivity contribution in [2.45, 2.75) is 25.7 Å². The number of carbonyl (C=O) groups excluding carboxylic acids is 1. The minimum atomic E-state index is -2.63. The van der Waals surface area contributed by atoms with Crippen LogP contribution in [0.2, 0.25) is 0 Å². The maximum Gasteiger partial charge on any atom is 0.311 e. The zero-order valence-electron chi connectivity index (χ0n) is 9.55. The van der Waals surface area contributed by atoms with Gasteiger partial charge in [0.25, 0.3) is 6.43 Å². The van der Waals surface area contributed by atoms with Crippen molar-refractivity contribution in [3.63, 3.8) is 0 Å². The molecule has 0 spiro atoms. The Morgan fingerprint density at radius 2 is 2.22 bits per heavy atom. The van der Waals surface area contributed by atoms with E-state index in [2.05, 4.69) is 4.98 Å². The molecule has 1 heterocycles. The van der Waals surface area contributed by atoms with Crippen molar-refractivity contribution in [3.8, 4) is 0 Å². The number of halogens is 4. The molecule has 0 aromatic carbocycles. The predicted octanol–water partition coefficient (Wildman–Crippen LogP) is 3.47. The minimum Gasteiger partial charge on any atom is -0.466 e. The SMILES string of the molecule is CCOC(=O)Cc1nc(CCl)c(C(F)F)cc1I. The Kier molecular flexibility index (Phi) is 6.20. The first kappa shape index (κ1) is 15.6. The maximum absolute atomic E-state index is 12.7. The molecular weight excluding hydrogens is 378 g/mol. The van der Waals surface area contributed by atoms with E-state index in [0.717, 1.165) is 0 Å². The number of carbonyl (C=O) groups is 1. The second kappa shape index (κ2) is 7.18. The van der Waals surface area contributed by atoms with E-state index < -0.39 is 12.4 Å². The topological polar surface area (TPSA) is 39.2 Å². The van der Waals surface area contributed by atoms with Crippen molar-refractivity contribution in [3.05, 3.63) is 26.6 Å². The Labute approximate surface area is 122 Å². The molecule has 0 aliphatic carbocycles. The van der Waals surface area contributed by atoms with Crippen LogP contribution < -0.4 is 0 Å². The van der Waals surface area contributed by atoms with Gasteiger partial charge in [-0.05, 0) is 35.6 Å². The Bertz CT molecular complexity index is 443. The first-order chi connectivity index (χ1) is 8.49. The second-order valence-electron chi connectivity index (χ2n) is 3.37. The van der Waals surface area contributed by atoms with Crippen LogP contribution in [-0.2, 0) is 21.8 Å². The van der Waals surface area contributed by atoms with Gasteiger partial charge in [-0.2, -0.15) is 0 Å². The van der Waals surface area contributed by atoms with E-state index in [0.29, 0.717) is 9.26 Å². The van der Waals surface area contributed by atoms with Crippen LogP contribution in [0.1, 0.15) is 30.3 Å². The average Bonchev–Trinajstić information content (AvgIpc) is 2.31. The van der Waals surface area contributed by atoms with Gasteiger partial charge in [0, 0.05) is 9.13 Å². The summed E-state index contributed by atoms with van der Waals surface area (Å²) in [4.78, 5) is 15.4. The summed E-state index contributed by atoms with van der Waals surface area (Å²) in [6.45, 7) is 1.97. The fourth-order valence-corrected chi connectivity index (χ4v) is 2.21. The highest BCUT2D eigenvalue weighted by molar-refractivity contribution is 14.1. The first-order valence-electron chi connectivity index (χ1n) is 5.17. The van der Waals surface area contributed by atoms with Crippen molar-refractivity contribution >= 4 is 40.2 Å². The van der Waals surface area contributed by atoms with Crippen LogP contribution in [0, 0.1) is 3.57 Å². The highest BCUT2D eigenvalue weighted by Gasteiger charge is 2.18. The fraction of sp³-hybridized carbons (Fsp3) is 0.455. The van der Waals surface area contributed by atoms with Gasteiger partial charge in [0.15, 0.2) is 0 Å². The Balaban J connectivity index is 3.04. The number of ether oxygens (including phenoxy) is 1. The number of hydrogen-bond acceptors (Lipinski definition) is 3. The van der Waals surface area contributed by atoms with E-state index in [1.54, 1.807) is 6.92 Å². The molecule has 0 fully saturated rings. The molecule has 0 saturated heterocycles. The van der Waals surface area contributed by atoms with Crippen molar-refractivity contribution in [1.29, 1.82) is 0 Å². The lowest BCUT2D eigenvalue weighted by Gasteiger charge is -2.10. The zero-order chi connectivity index (χ0) is 13.7. The molecule has 100 valence electrons. The zero-order valence-corrected chi connectivity index (χ0v) is 12.5. The van der Waals surface area contributed by atoms with Gasteiger partial charge in [-0.1, -0.05) is 0 Å². The van der Waals surface area contributed by atoms with Gasteiger partial charge in [-0.3, -0.25) is 9.78 Å². The Morgan fingerprint density at radius 1 is 1.56 bits per heavy atom. The number of aromatic nitrogens is 1. The molecule has 1 aromatic heterocycles. The number of alkyl halides is 3. The lowest BCUT2D eigenvalue weighted by molar-refractivity contribution is -0.142. The monoisotopic (exact) mass is 389 g/mol. The molecule has 1 rings (SSSR count). The molecule has 0 N–H and O–H groups in total. The summed E-state index contributed by atoms with van der Waals surface area (Å²) in [7, 11) is 0. The number of rotatable bonds is 5. The average molecular weight is 390 g/mol. The summed E-state index contributed by atoms with van der Waals surface area (Å²) in [6.07, 6.45) is -2.67. The van der Waals surface area contributed by atoms with Crippen molar-refractivity contribution < 1.29 is 18.3 Å². The van der Waals surface area contributed by atoms with Gasteiger partial charge in [-0.15, -0.1) is 11.6 Å². The van der Waals surface area contributed by atoms with E-state index in [9.17, 15) is 13.6 Å². The van der Waals surface area contributed by atoms with E-state index in [1.807, 2.05) is 22.6 Å². The predicted molar refractivity (Wildman–Crippen MR) is 71.8 cm³/mol. The van der Waals surface area contributed by atoms with Gasteiger partial charge in [0.2, 0.25) is 0 Å². The summed E-state index contributed by atoms with van der Waals surface area (Å²) in [5, 5.41) is 0. The quantitative estimate of drug-likeness (QED) is 0.440. The highest BCUT2D eigenvalue weighted by atomic mass is 127. The van der Waals surface area contributed by atoms with Gasteiger partial charge < -0.3 is 4.74 Å².